The van der Waals surface area contributed by atoms with Crippen LogP contribution in [-0.4, -0.2) is 38.0 Å². The second-order valence-corrected chi connectivity index (χ2v) is 7.42. The van der Waals surface area contributed by atoms with Gasteiger partial charge in [-0.1, -0.05) is 35.9 Å². The Morgan fingerprint density at radius 2 is 2.00 bits per heavy atom. The van der Waals surface area contributed by atoms with Crippen LogP contribution in [0.3, 0.4) is 0 Å². The van der Waals surface area contributed by atoms with Gasteiger partial charge in [0.1, 0.15) is 0 Å². The Morgan fingerprint density at radius 3 is 2.81 bits per heavy atom. The number of fused-ring (bicyclic) bond motifs is 1. The van der Waals surface area contributed by atoms with Crippen LogP contribution >= 0.6 is 0 Å². The molecule has 0 radical (unpaired) electrons. The van der Waals surface area contributed by atoms with Crippen molar-refractivity contribution in [3.63, 3.8) is 0 Å². The van der Waals surface area contributed by atoms with Crippen LogP contribution in [0, 0.1) is 6.92 Å². The van der Waals surface area contributed by atoms with Crippen molar-refractivity contribution < 1.29 is 4.79 Å². The van der Waals surface area contributed by atoms with E-state index in [9.17, 15) is 4.79 Å². The molecule has 0 saturated heterocycles. The summed E-state index contributed by atoms with van der Waals surface area (Å²) in [6.45, 7) is 4.90. The highest BCUT2D eigenvalue weighted by Gasteiger charge is 2.18. The van der Waals surface area contributed by atoms with Gasteiger partial charge in [-0.3, -0.25) is 4.79 Å². The lowest BCUT2D eigenvalue weighted by molar-refractivity contribution is -0.116. The number of nitrogens with zero attached hydrogens (tertiary/aromatic N) is 2. The van der Waals surface area contributed by atoms with Gasteiger partial charge in [0.05, 0.1) is 0 Å². The van der Waals surface area contributed by atoms with Gasteiger partial charge in [0.25, 0.3) is 0 Å². The molecule has 0 atom stereocenters. The lowest BCUT2D eigenvalue weighted by Crippen LogP contribution is -2.23. The summed E-state index contributed by atoms with van der Waals surface area (Å²) < 4.78 is 0. The highest BCUT2D eigenvalue weighted by atomic mass is 16.1. The van der Waals surface area contributed by atoms with Crippen LogP contribution in [0.15, 0.2) is 42.5 Å². The quantitative estimate of drug-likeness (QED) is 0.823. The van der Waals surface area contributed by atoms with Crippen molar-refractivity contribution in [2.24, 2.45) is 0 Å². The minimum atomic E-state index is 0.0985. The van der Waals surface area contributed by atoms with E-state index in [4.69, 9.17) is 0 Å². The SMILES string of the molecule is Cc1ccc(NC(=O)CCCN2CCc3ccccc32)c(CN(C)C)c1. The molecule has 0 aromatic heterocycles. The highest BCUT2D eigenvalue weighted by Crippen LogP contribution is 2.27. The standard InChI is InChI=1S/C22H29N3O/c1-17-10-11-20(19(15-17)16-24(2)3)23-22(26)9-6-13-25-14-12-18-7-4-5-8-21(18)25/h4-5,7-8,10-11,15H,6,9,12-14,16H2,1-3H3,(H,23,26). The van der Waals surface area contributed by atoms with E-state index in [0.717, 1.165) is 43.7 Å². The molecule has 3 rings (SSSR count). The van der Waals surface area contributed by atoms with E-state index in [1.54, 1.807) is 0 Å². The normalized spacial score (nSPS) is 13.2. The molecule has 0 spiro atoms. The molecule has 4 nitrogen and oxygen atoms in total. The first-order chi connectivity index (χ1) is 12.5. The largest absolute Gasteiger partial charge is 0.371 e. The molecule has 1 amide bonds. The molecule has 2 aromatic carbocycles. The first kappa shape index (κ1) is 18.5. The molecule has 4 heteroatoms. The van der Waals surface area contributed by atoms with Gasteiger partial charge in [0.15, 0.2) is 0 Å². The molecule has 1 N–H and O–H groups in total. The van der Waals surface area contributed by atoms with Crippen molar-refractivity contribution in [3.8, 4) is 0 Å². The molecule has 2 aromatic rings. The summed E-state index contributed by atoms with van der Waals surface area (Å²) in [6, 6.07) is 14.8. The number of para-hydroxylation sites is 1. The third-order valence-electron chi connectivity index (χ3n) is 4.84. The van der Waals surface area contributed by atoms with E-state index in [0.29, 0.717) is 6.42 Å². The molecule has 0 fully saturated rings. The molecular formula is C22H29N3O. The molecule has 1 aliphatic heterocycles. The lowest BCUT2D eigenvalue weighted by Gasteiger charge is -2.19. The number of carbonyl (C=O) groups is 1. The Hall–Kier alpha value is -2.33. The third kappa shape index (κ3) is 4.64. The fourth-order valence-corrected chi connectivity index (χ4v) is 3.60. The smallest absolute Gasteiger partial charge is 0.224 e. The maximum Gasteiger partial charge on any atom is 0.224 e. The van der Waals surface area contributed by atoms with Crippen LogP contribution in [0.4, 0.5) is 11.4 Å². The van der Waals surface area contributed by atoms with Gasteiger partial charge in [-0.2, -0.15) is 0 Å². The van der Waals surface area contributed by atoms with Crippen molar-refractivity contribution >= 4 is 17.3 Å². The minimum Gasteiger partial charge on any atom is -0.371 e. The number of aryl methyl sites for hydroxylation is 1. The maximum atomic E-state index is 12.4. The summed E-state index contributed by atoms with van der Waals surface area (Å²) in [5, 5.41) is 3.10. The van der Waals surface area contributed by atoms with Crippen molar-refractivity contribution in [1.29, 1.82) is 0 Å². The molecule has 1 aliphatic rings. The molecule has 26 heavy (non-hydrogen) atoms. The zero-order chi connectivity index (χ0) is 18.5. The number of nitrogens with one attached hydrogen (secondary N) is 1. The minimum absolute atomic E-state index is 0.0985. The van der Waals surface area contributed by atoms with Gasteiger partial charge in [0, 0.05) is 37.4 Å². The number of rotatable bonds is 7. The predicted molar refractivity (Wildman–Crippen MR) is 109 cm³/mol. The average Bonchev–Trinajstić information content (AvgIpc) is 3.00. The van der Waals surface area contributed by atoms with E-state index >= 15 is 0 Å². The molecule has 0 saturated carbocycles. The van der Waals surface area contributed by atoms with Gasteiger partial charge < -0.3 is 15.1 Å². The summed E-state index contributed by atoms with van der Waals surface area (Å²) in [5.74, 6) is 0.0985. The topological polar surface area (TPSA) is 35.6 Å². The summed E-state index contributed by atoms with van der Waals surface area (Å²) in [5.41, 5.74) is 6.06. The van der Waals surface area contributed by atoms with Gasteiger partial charge in [-0.25, -0.2) is 0 Å². The summed E-state index contributed by atoms with van der Waals surface area (Å²) in [6.07, 6.45) is 2.53. The first-order valence-corrected chi connectivity index (χ1v) is 9.40. The Bertz CT molecular complexity index is 770. The van der Waals surface area contributed by atoms with E-state index in [1.807, 2.05) is 20.2 Å². The number of carbonyl (C=O) groups excluding carboxylic acids is 1. The predicted octanol–water partition coefficient (Wildman–Crippen LogP) is 3.84. The Labute approximate surface area is 156 Å². The number of hydrogen-bond acceptors (Lipinski definition) is 3. The van der Waals surface area contributed by atoms with Crippen molar-refractivity contribution in [3.05, 3.63) is 59.2 Å². The highest BCUT2D eigenvalue weighted by molar-refractivity contribution is 5.91. The number of amides is 1. The van der Waals surface area contributed by atoms with Gasteiger partial charge >= 0.3 is 0 Å². The average molecular weight is 351 g/mol. The van der Waals surface area contributed by atoms with Crippen molar-refractivity contribution in [1.82, 2.24) is 4.90 Å². The Kier molecular flexibility index (Phi) is 5.94. The van der Waals surface area contributed by atoms with E-state index in [2.05, 4.69) is 58.4 Å². The second kappa shape index (κ2) is 8.37. The van der Waals surface area contributed by atoms with Crippen LogP contribution in [0.5, 0.6) is 0 Å². The van der Waals surface area contributed by atoms with Crippen molar-refractivity contribution in [2.45, 2.75) is 32.7 Å². The zero-order valence-corrected chi connectivity index (χ0v) is 16.1. The zero-order valence-electron chi connectivity index (χ0n) is 16.1. The molecule has 0 aliphatic carbocycles. The Balaban J connectivity index is 1.52. The fraction of sp³-hybridized carbons (Fsp3) is 0.409. The summed E-state index contributed by atoms with van der Waals surface area (Å²) in [4.78, 5) is 16.9. The lowest BCUT2D eigenvalue weighted by atomic mass is 10.1. The molecular weight excluding hydrogens is 322 g/mol. The van der Waals surface area contributed by atoms with Crippen LogP contribution < -0.4 is 10.2 Å². The van der Waals surface area contributed by atoms with Crippen LogP contribution in [0.25, 0.3) is 0 Å². The van der Waals surface area contributed by atoms with Gasteiger partial charge in [0.2, 0.25) is 5.91 Å². The number of benzene rings is 2. The van der Waals surface area contributed by atoms with Gasteiger partial charge in [-0.05, 0) is 57.1 Å². The second-order valence-electron chi connectivity index (χ2n) is 7.42. The summed E-state index contributed by atoms with van der Waals surface area (Å²) in [7, 11) is 4.09. The fourth-order valence-electron chi connectivity index (χ4n) is 3.60. The third-order valence-corrected chi connectivity index (χ3v) is 4.84. The first-order valence-electron chi connectivity index (χ1n) is 9.40. The number of hydrogen-bond donors (Lipinski definition) is 1. The maximum absolute atomic E-state index is 12.4. The molecule has 1 heterocycles. The molecule has 0 unspecified atom stereocenters. The Morgan fingerprint density at radius 1 is 1.19 bits per heavy atom. The molecule has 138 valence electrons. The van der Waals surface area contributed by atoms with Crippen molar-refractivity contribution in [2.75, 3.05) is 37.4 Å². The monoisotopic (exact) mass is 351 g/mol. The van der Waals surface area contributed by atoms with Crippen LogP contribution in [-0.2, 0) is 17.8 Å². The number of anilines is 2. The van der Waals surface area contributed by atoms with E-state index < -0.39 is 0 Å². The summed E-state index contributed by atoms with van der Waals surface area (Å²) >= 11 is 0. The van der Waals surface area contributed by atoms with Crippen LogP contribution in [0.2, 0.25) is 0 Å². The molecule has 0 bridgehead atoms. The van der Waals surface area contributed by atoms with Crippen LogP contribution in [0.1, 0.15) is 29.5 Å². The van der Waals surface area contributed by atoms with E-state index in [-0.39, 0.29) is 5.91 Å². The van der Waals surface area contributed by atoms with Gasteiger partial charge in [-0.15, -0.1) is 0 Å². The van der Waals surface area contributed by atoms with E-state index in [1.165, 1.54) is 16.8 Å².